The van der Waals surface area contributed by atoms with Gasteiger partial charge >= 0.3 is 0 Å². The number of thiocarbonyl (C=S) groups is 1. The van der Waals surface area contributed by atoms with E-state index in [4.69, 9.17) is 12.2 Å². The fourth-order valence-electron chi connectivity index (χ4n) is 2.53. The minimum absolute atomic E-state index is 0.0378. The summed E-state index contributed by atoms with van der Waals surface area (Å²) in [4.78, 5) is 38.4. The second kappa shape index (κ2) is 9.35. The lowest BCUT2D eigenvalue weighted by Crippen LogP contribution is -2.43. The normalized spacial score (nSPS) is 14.9. The van der Waals surface area contributed by atoms with E-state index in [0.717, 1.165) is 5.56 Å². The maximum Gasteiger partial charge on any atom is 0.273 e. The highest BCUT2D eigenvalue weighted by atomic mass is 32.2. The van der Waals surface area contributed by atoms with Crippen molar-refractivity contribution >= 4 is 52.1 Å². The molecule has 1 aliphatic heterocycles. The maximum atomic E-state index is 12.5. The number of para-hydroxylation sites is 1. The average molecular weight is 428 g/mol. The molecule has 0 aromatic heterocycles. The first-order valence-electron chi connectivity index (χ1n) is 8.63. The van der Waals surface area contributed by atoms with Crippen LogP contribution in [0.2, 0.25) is 0 Å². The van der Waals surface area contributed by atoms with Crippen molar-refractivity contribution < 1.29 is 19.5 Å². The predicted molar refractivity (Wildman–Crippen MR) is 115 cm³/mol. The van der Waals surface area contributed by atoms with Crippen molar-refractivity contribution in [3.8, 4) is 5.75 Å². The van der Waals surface area contributed by atoms with E-state index in [1.165, 1.54) is 28.8 Å². The first kappa shape index (κ1) is 20.6. The molecule has 1 fully saturated rings. The van der Waals surface area contributed by atoms with Crippen molar-refractivity contribution in [2.75, 3.05) is 6.54 Å². The number of aromatic hydroxyl groups is 1. The van der Waals surface area contributed by atoms with Crippen LogP contribution < -0.4 is 10.9 Å². The number of thioether (sulfide) groups is 1. The van der Waals surface area contributed by atoms with Crippen LogP contribution in [0.25, 0.3) is 6.08 Å². The molecular weight excluding hydrogens is 410 g/mol. The summed E-state index contributed by atoms with van der Waals surface area (Å²) in [7, 11) is 0. The Morgan fingerprint density at radius 1 is 1.07 bits per heavy atom. The van der Waals surface area contributed by atoms with Gasteiger partial charge in [-0.3, -0.25) is 30.1 Å². The van der Waals surface area contributed by atoms with Crippen molar-refractivity contribution in [3.63, 3.8) is 0 Å². The SMILES string of the molecule is O=C(CCN1C(=O)/C(=C/c2ccccc2)SC1=S)NNC(=O)c1ccccc1O. The van der Waals surface area contributed by atoms with E-state index in [0.29, 0.717) is 9.23 Å². The van der Waals surface area contributed by atoms with Gasteiger partial charge in [-0.05, 0) is 23.8 Å². The second-order valence-electron chi connectivity index (χ2n) is 6.01. The number of carbonyl (C=O) groups excluding carboxylic acids is 3. The van der Waals surface area contributed by atoms with Gasteiger partial charge in [0.15, 0.2) is 0 Å². The zero-order chi connectivity index (χ0) is 20.8. The van der Waals surface area contributed by atoms with E-state index >= 15 is 0 Å². The zero-order valence-electron chi connectivity index (χ0n) is 15.1. The molecule has 0 aliphatic carbocycles. The van der Waals surface area contributed by atoms with E-state index in [9.17, 15) is 19.5 Å². The Morgan fingerprint density at radius 3 is 2.48 bits per heavy atom. The minimum atomic E-state index is -0.646. The Balaban J connectivity index is 1.52. The Labute approximate surface area is 176 Å². The Bertz CT molecular complexity index is 992. The number of phenols is 1. The van der Waals surface area contributed by atoms with Crippen LogP contribution in [0.3, 0.4) is 0 Å². The first-order valence-corrected chi connectivity index (χ1v) is 9.86. The zero-order valence-corrected chi connectivity index (χ0v) is 16.8. The molecule has 0 atom stereocenters. The van der Waals surface area contributed by atoms with Gasteiger partial charge in [-0.2, -0.15) is 0 Å². The molecule has 1 saturated heterocycles. The van der Waals surface area contributed by atoms with E-state index in [1.807, 2.05) is 30.3 Å². The van der Waals surface area contributed by atoms with Crippen LogP contribution in [-0.2, 0) is 9.59 Å². The van der Waals surface area contributed by atoms with Crippen molar-refractivity contribution in [2.45, 2.75) is 6.42 Å². The van der Waals surface area contributed by atoms with Crippen LogP contribution in [0.15, 0.2) is 59.5 Å². The number of hydrogen-bond donors (Lipinski definition) is 3. The third-order valence-electron chi connectivity index (χ3n) is 4.00. The van der Waals surface area contributed by atoms with Gasteiger partial charge in [-0.15, -0.1) is 0 Å². The Morgan fingerprint density at radius 2 is 1.76 bits per heavy atom. The molecule has 2 aromatic rings. The molecule has 148 valence electrons. The van der Waals surface area contributed by atoms with Crippen molar-refractivity contribution in [1.82, 2.24) is 15.8 Å². The second-order valence-corrected chi connectivity index (χ2v) is 7.69. The maximum absolute atomic E-state index is 12.5. The smallest absolute Gasteiger partial charge is 0.273 e. The fourth-order valence-corrected chi connectivity index (χ4v) is 3.84. The summed E-state index contributed by atoms with van der Waals surface area (Å²) in [6.45, 7) is 0.0923. The predicted octanol–water partition coefficient (Wildman–Crippen LogP) is 2.44. The monoisotopic (exact) mass is 427 g/mol. The number of phenolic OH excluding ortho intramolecular Hbond substituents is 1. The summed E-state index contributed by atoms with van der Waals surface area (Å²) >= 11 is 6.43. The first-order chi connectivity index (χ1) is 14.0. The lowest BCUT2D eigenvalue weighted by molar-refractivity contribution is -0.124. The highest BCUT2D eigenvalue weighted by molar-refractivity contribution is 8.26. The summed E-state index contributed by atoms with van der Waals surface area (Å²) in [6.07, 6.45) is 1.71. The number of nitrogens with one attached hydrogen (secondary N) is 2. The third kappa shape index (κ3) is 5.21. The molecule has 0 bridgehead atoms. The Kier molecular flexibility index (Phi) is 6.63. The molecule has 7 nitrogen and oxygen atoms in total. The molecule has 3 amide bonds. The molecule has 1 aliphatic rings. The summed E-state index contributed by atoms with van der Waals surface area (Å²) < 4.78 is 0.378. The lowest BCUT2D eigenvalue weighted by atomic mass is 10.2. The number of hydrogen-bond acceptors (Lipinski definition) is 6. The van der Waals surface area contributed by atoms with Crippen LogP contribution in [0.5, 0.6) is 5.75 Å². The van der Waals surface area contributed by atoms with E-state index in [2.05, 4.69) is 10.9 Å². The van der Waals surface area contributed by atoms with Crippen molar-refractivity contribution in [3.05, 3.63) is 70.6 Å². The molecule has 9 heteroatoms. The molecule has 0 radical (unpaired) electrons. The molecule has 2 aromatic carbocycles. The summed E-state index contributed by atoms with van der Waals surface area (Å²) in [5.74, 6) is -1.58. The summed E-state index contributed by atoms with van der Waals surface area (Å²) in [6, 6.07) is 15.4. The van der Waals surface area contributed by atoms with Crippen molar-refractivity contribution in [2.24, 2.45) is 0 Å². The van der Waals surface area contributed by atoms with Crippen LogP contribution in [0, 0.1) is 0 Å². The number of benzene rings is 2. The largest absolute Gasteiger partial charge is 0.507 e. The van der Waals surface area contributed by atoms with Gasteiger partial charge in [0.1, 0.15) is 10.1 Å². The van der Waals surface area contributed by atoms with E-state index in [-0.39, 0.29) is 30.2 Å². The van der Waals surface area contributed by atoms with Gasteiger partial charge in [-0.1, -0.05) is 66.4 Å². The van der Waals surface area contributed by atoms with Gasteiger partial charge in [0.2, 0.25) is 5.91 Å². The number of hydrazine groups is 1. The van der Waals surface area contributed by atoms with Crippen LogP contribution in [-0.4, -0.2) is 38.6 Å². The summed E-state index contributed by atoms with van der Waals surface area (Å²) in [5, 5.41) is 9.64. The number of amides is 3. The van der Waals surface area contributed by atoms with E-state index < -0.39 is 11.8 Å². The molecule has 0 spiro atoms. The minimum Gasteiger partial charge on any atom is -0.507 e. The fraction of sp³-hybridized carbons (Fsp3) is 0.100. The standard InChI is InChI=1S/C20H17N3O4S2/c24-15-9-5-4-8-14(15)18(26)22-21-17(25)10-11-23-19(27)16(29-20(23)28)12-13-6-2-1-3-7-13/h1-9,12,24H,10-11H2,(H,21,25)(H,22,26)/b16-12-. The molecule has 3 rings (SSSR count). The highest BCUT2D eigenvalue weighted by Gasteiger charge is 2.32. The molecule has 0 unspecified atom stereocenters. The Hall–Kier alpha value is -3.17. The van der Waals surface area contributed by atoms with E-state index in [1.54, 1.807) is 18.2 Å². The average Bonchev–Trinajstić information content (AvgIpc) is 2.98. The highest BCUT2D eigenvalue weighted by Crippen LogP contribution is 2.32. The van der Waals surface area contributed by atoms with Crippen LogP contribution >= 0.6 is 24.0 Å². The van der Waals surface area contributed by atoms with Crippen LogP contribution in [0.4, 0.5) is 0 Å². The van der Waals surface area contributed by atoms with Gasteiger partial charge in [-0.25, -0.2) is 0 Å². The number of nitrogens with zero attached hydrogens (tertiary/aromatic N) is 1. The van der Waals surface area contributed by atoms with Crippen molar-refractivity contribution in [1.29, 1.82) is 0 Å². The molecule has 29 heavy (non-hydrogen) atoms. The topological polar surface area (TPSA) is 98.7 Å². The third-order valence-corrected chi connectivity index (χ3v) is 5.38. The molecule has 1 heterocycles. The number of rotatable bonds is 5. The van der Waals surface area contributed by atoms with Gasteiger partial charge in [0.25, 0.3) is 11.8 Å². The van der Waals surface area contributed by atoms with Gasteiger partial charge in [0.05, 0.1) is 10.5 Å². The van der Waals surface area contributed by atoms with Gasteiger partial charge < -0.3 is 5.11 Å². The van der Waals surface area contributed by atoms with Crippen LogP contribution in [0.1, 0.15) is 22.3 Å². The molecule has 0 saturated carbocycles. The van der Waals surface area contributed by atoms with Gasteiger partial charge in [0, 0.05) is 13.0 Å². The molecular formula is C20H17N3O4S2. The lowest BCUT2D eigenvalue weighted by Gasteiger charge is -2.14. The number of carbonyl (C=O) groups is 3. The summed E-state index contributed by atoms with van der Waals surface area (Å²) in [5.41, 5.74) is 5.41. The molecule has 3 N–H and O–H groups in total. The quantitative estimate of drug-likeness (QED) is 0.385.